The maximum absolute atomic E-state index is 12.5. The van der Waals surface area contributed by atoms with Crippen LogP contribution in [0.25, 0.3) is 16.7 Å². The summed E-state index contributed by atoms with van der Waals surface area (Å²) in [5.74, 6) is 0.447. The van der Waals surface area contributed by atoms with Gasteiger partial charge in [0.1, 0.15) is 5.39 Å². The highest BCUT2D eigenvalue weighted by atomic mass is 16.5. The number of benzene rings is 1. The lowest BCUT2D eigenvalue weighted by Gasteiger charge is -2.45. The molecule has 0 spiro atoms. The van der Waals surface area contributed by atoms with E-state index in [1.807, 2.05) is 30.3 Å². The van der Waals surface area contributed by atoms with Crippen LogP contribution in [0.3, 0.4) is 0 Å². The highest BCUT2D eigenvalue weighted by Gasteiger charge is 2.33. The number of hydrogen-bond donors (Lipinski definition) is 2. The van der Waals surface area contributed by atoms with Gasteiger partial charge in [-0.25, -0.2) is 4.68 Å². The van der Waals surface area contributed by atoms with E-state index >= 15 is 0 Å². The molecular weight excluding hydrogens is 368 g/mol. The third kappa shape index (κ3) is 4.04. The van der Waals surface area contributed by atoms with Crippen molar-refractivity contribution in [2.45, 2.75) is 45.4 Å². The smallest absolute Gasteiger partial charge is 0.263 e. The van der Waals surface area contributed by atoms with Crippen molar-refractivity contribution in [2.75, 3.05) is 25.0 Å². The number of para-hydroxylation sites is 1. The average molecular weight is 396 g/mol. The van der Waals surface area contributed by atoms with E-state index < -0.39 is 0 Å². The van der Waals surface area contributed by atoms with Crippen molar-refractivity contribution in [1.82, 2.24) is 24.6 Å². The zero-order chi connectivity index (χ0) is 20.6. The molecule has 8 heteroatoms. The van der Waals surface area contributed by atoms with Crippen molar-refractivity contribution >= 4 is 17.0 Å². The third-order valence-electron chi connectivity index (χ3n) is 5.40. The molecular formula is C21H28N6O2. The van der Waals surface area contributed by atoms with Gasteiger partial charge in [0.2, 0.25) is 5.95 Å². The van der Waals surface area contributed by atoms with E-state index in [1.165, 1.54) is 0 Å². The average Bonchev–Trinajstić information content (AvgIpc) is 3.11. The number of rotatable bonds is 5. The molecule has 8 nitrogen and oxygen atoms in total. The first-order valence-corrected chi connectivity index (χ1v) is 10.0. The molecule has 2 N–H and O–H groups in total. The summed E-state index contributed by atoms with van der Waals surface area (Å²) >= 11 is 0. The van der Waals surface area contributed by atoms with E-state index in [1.54, 1.807) is 10.9 Å². The summed E-state index contributed by atoms with van der Waals surface area (Å²) in [6.45, 7) is 11.0. The number of fused-ring (bicyclic) bond motifs is 1. The minimum Gasteiger partial charge on any atom is -0.373 e. The van der Waals surface area contributed by atoms with Crippen LogP contribution < -0.4 is 10.9 Å². The Balaban J connectivity index is 1.57. The van der Waals surface area contributed by atoms with Gasteiger partial charge in [-0.05, 0) is 39.8 Å². The van der Waals surface area contributed by atoms with Crippen LogP contribution in [-0.4, -0.2) is 62.0 Å². The molecule has 0 amide bonds. The summed E-state index contributed by atoms with van der Waals surface area (Å²) < 4.78 is 7.54. The summed E-state index contributed by atoms with van der Waals surface area (Å²) in [5, 5.41) is 8.14. The third-order valence-corrected chi connectivity index (χ3v) is 5.40. The number of H-pyrrole nitrogens is 1. The lowest BCUT2D eigenvalue weighted by Crippen LogP contribution is -2.57. The molecule has 0 aliphatic carbocycles. The minimum atomic E-state index is -0.203. The summed E-state index contributed by atoms with van der Waals surface area (Å²) in [6.07, 6.45) is 1.96. The van der Waals surface area contributed by atoms with Crippen molar-refractivity contribution in [3.05, 3.63) is 46.9 Å². The molecule has 3 heterocycles. The summed E-state index contributed by atoms with van der Waals surface area (Å²) in [6, 6.07) is 9.68. The molecule has 3 aromatic rings. The first-order chi connectivity index (χ1) is 13.8. The molecule has 0 saturated carbocycles. The molecule has 1 aliphatic rings. The zero-order valence-corrected chi connectivity index (χ0v) is 17.3. The summed E-state index contributed by atoms with van der Waals surface area (Å²) in [5.41, 5.74) is 1.07. The Morgan fingerprint density at radius 2 is 1.90 bits per heavy atom. The fraction of sp³-hybridized carbons (Fsp3) is 0.476. The molecule has 1 aliphatic heterocycles. The lowest BCUT2D eigenvalue weighted by atomic mass is 10.00. The molecule has 0 radical (unpaired) electrons. The van der Waals surface area contributed by atoms with Crippen molar-refractivity contribution in [1.29, 1.82) is 0 Å². The number of nitrogens with zero attached hydrogens (tertiary/aromatic N) is 4. The Hall–Kier alpha value is -2.71. The Morgan fingerprint density at radius 1 is 1.21 bits per heavy atom. The molecule has 1 saturated heterocycles. The van der Waals surface area contributed by atoms with Gasteiger partial charge >= 0.3 is 0 Å². The standard InChI is InChI=1S/C21H28N6O2/c1-14-11-26(12-15(2)29-14)21(3,4)13-22-20-24-18-17(19(28)25-20)10-23-27(18)16-8-6-5-7-9-16/h5-10,14-15H,11-13H2,1-4H3,(H2,22,24,25,28). The topological polar surface area (TPSA) is 88.1 Å². The number of nitrogens with one attached hydrogen (secondary N) is 2. The Labute approximate surface area is 169 Å². The maximum Gasteiger partial charge on any atom is 0.263 e. The van der Waals surface area contributed by atoms with Gasteiger partial charge in [-0.3, -0.25) is 14.7 Å². The van der Waals surface area contributed by atoms with E-state index in [0.29, 0.717) is 23.5 Å². The second kappa shape index (κ2) is 7.61. The van der Waals surface area contributed by atoms with Gasteiger partial charge in [-0.2, -0.15) is 10.1 Å². The van der Waals surface area contributed by atoms with Crippen LogP contribution >= 0.6 is 0 Å². The normalized spacial score (nSPS) is 20.8. The number of aromatic amines is 1. The van der Waals surface area contributed by atoms with Gasteiger partial charge in [0.15, 0.2) is 5.65 Å². The van der Waals surface area contributed by atoms with Gasteiger partial charge in [0.25, 0.3) is 5.56 Å². The minimum absolute atomic E-state index is 0.125. The molecule has 4 rings (SSSR count). The van der Waals surface area contributed by atoms with Crippen molar-refractivity contribution < 1.29 is 4.74 Å². The van der Waals surface area contributed by atoms with Gasteiger partial charge in [0.05, 0.1) is 24.1 Å². The van der Waals surface area contributed by atoms with Crippen LogP contribution in [0.15, 0.2) is 41.3 Å². The molecule has 0 bridgehead atoms. The monoisotopic (exact) mass is 396 g/mol. The molecule has 154 valence electrons. The van der Waals surface area contributed by atoms with Gasteiger partial charge < -0.3 is 10.1 Å². The number of aromatic nitrogens is 4. The number of anilines is 1. The predicted octanol–water partition coefficient (Wildman–Crippen LogP) is 2.41. The largest absolute Gasteiger partial charge is 0.373 e. The summed E-state index contributed by atoms with van der Waals surface area (Å²) in [4.78, 5) is 22.4. The highest BCUT2D eigenvalue weighted by molar-refractivity contribution is 5.76. The highest BCUT2D eigenvalue weighted by Crippen LogP contribution is 2.22. The van der Waals surface area contributed by atoms with Crippen LogP contribution in [-0.2, 0) is 4.74 Å². The maximum atomic E-state index is 12.5. The molecule has 1 aromatic carbocycles. The Morgan fingerprint density at radius 3 is 2.59 bits per heavy atom. The second-order valence-corrected chi connectivity index (χ2v) is 8.37. The lowest BCUT2D eigenvalue weighted by molar-refractivity contribution is -0.0933. The van der Waals surface area contributed by atoms with Gasteiger partial charge in [-0.1, -0.05) is 18.2 Å². The molecule has 1 fully saturated rings. The van der Waals surface area contributed by atoms with Crippen LogP contribution in [0.4, 0.5) is 5.95 Å². The van der Waals surface area contributed by atoms with E-state index in [-0.39, 0.29) is 23.3 Å². The predicted molar refractivity (Wildman–Crippen MR) is 114 cm³/mol. The SMILES string of the molecule is CC1CN(C(C)(C)CNc2nc3c(cnn3-c3ccccc3)c(=O)[nH]2)CC(C)O1. The van der Waals surface area contributed by atoms with Crippen molar-refractivity contribution in [3.8, 4) is 5.69 Å². The van der Waals surface area contributed by atoms with Crippen LogP contribution in [0.1, 0.15) is 27.7 Å². The first-order valence-electron chi connectivity index (χ1n) is 10.0. The Kier molecular flexibility index (Phi) is 5.14. The first kappa shape index (κ1) is 19.6. The van der Waals surface area contributed by atoms with E-state index in [2.05, 4.69) is 53.0 Å². The van der Waals surface area contributed by atoms with Crippen molar-refractivity contribution in [3.63, 3.8) is 0 Å². The van der Waals surface area contributed by atoms with Crippen LogP contribution in [0.5, 0.6) is 0 Å². The number of ether oxygens (including phenoxy) is 1. The fourth-order valence-electron chi connectivity index (χ4n) is 3.84. The second-order valence-electron chi connectivity index (χ2n) is 8.37. The van der Waals surface area contributed by atoms with Crippen molar-refractivity contribution in [2.24, 2.45) is 0 Å². The van der Waals surface area contributed by atoms with E-state index in [4.69, 9.17) is 4.74 Å². The number of hydrogen-bond acceptors (Lipinski definition) is 6. The van der Waals surface area contributed by atoms with Crippen LogP contribution in [0, 0.1) is 0 Å². The van der Waals surface area contributed by atoms with E-state index in [0.717, 1.165) is 18.8 Å². The molecule has 29 heavy (non-hydrogen) atoms. The van der Waals surface area contributed by atoms with Gasteiger partial charge in [0, 0.05) is 25.2 Å². The van der Waals surface area contributed by atoms with Crippen LogP contribution in [0.2, 0.25) is 0 Å². The molecule has 2 unspecified atom stereocenters. The quantitative estimate of drug-likeness (QED) is 0.689. The number of morpholine rings is 1. The molecule has 2 aromatic heterocycles. The van der Waals surface area contributed by atoms with E-state index in [9.17, 15) is 4.79 Å². The fourth-order valence-corrected chi connectivity index (χ4v) is 3.84. The summed E-state index contributed by atoms with van der Waals surface area (Å²) in [7, 11) is 0. The van der Waals surface area contributed by atoms with Gasteiger partial charge in [-0.15, -0.1) is 0 Å². The molecule has 2 atom stereocenters. The zero-order valence-electron chi connectivity index (χ0n) is 17.3. The Bertz CT molecular complexity index is 1030.